The number of hydrogen-bond acceptors (Lipinski definition) is 7. The Labute approximate surface area is 192 Å². The van der Waals surface area contributed by atoms with Gasteiger partial charge in [-0.2, -0.15) is 23.3 Å². The minimum Gasteiger partial charge on any atom is -0.490 e. The number of carbonyl (C=O) groups excluding carboxylic acids is 1. The van der Waals surface area contributed by atoms with Gasteiger partial charge in [-0.15, -0.1) is 0 Å². The van der Waals surface area contributed by atoms with Crippen LogP contribution in [0.4, 0.5) is 18.9 Å². The molecule has 0 radical (unpaired) electrons. The average molecular weight is 477 g/mol. The van der Waals surface area contributed by atoms with Crippen LogP contribution in [0.1, 0.15) is 12.0 Å². The Morgan fingerprint density at radius 3 is 2.79 bits per heavy atom. The van der Waals surface area contributed by atoms with Gasteiger partial charge in [0.25, 0.3) is 11.8 Å². The number of benzene rings is 1. The van der Waals surface area contributed by atoms with Crippen LogP contribution in [0.5, 0.6) is 11.6 Å². The molecule has 2 aromatic heterocycles. The van der Waals surface area contributed by atoms with Gasteiger partial charge >= 0.3 is 6.18 Å². The van der Waals surface area contributed by atoms with Crippen molar-refractivity contribution in [1.82, 2.24) is 19.5 Å². The van der Waals surface area contributed by atoms with Gasteiger partial charge in [-0.05, 0) is 23.8 Å². The molecule has 2 atom stereocenters. The lowest BCUT2D eigenvalue weighted by Gasteiger charge is -2.25. The smallest absolute Gasteiger partial charge is 0.416 e. The van der Waals surface area contributed by atoms with E-state index in [1.54, 1.807) is 17.2 Å². The fourth-order valence-corrected chi connectivity index (χ4v) is 4.36. The van der Waals surface area contributed by atoms with Crippen LogP contribution in [-0.2, 0) is 15.7 Å². The minimum absolute atomic E-state index is 0.151. The molecule has 180 valence electrons. The quantitative estimate of drug-likeness (QED) is 0.607. The minimum atomic E-state index is -4.55. The third kappa shape index (κ3) is 3.87. The molecule has 1 aromatic carbocycles. The number of amides is 1. The number of carbonyl (C=O) groups is 1. The van der Waals surface area contributed by atoms with Crippen molar-refractivity contribution in [2.75, 3.05) is 39.2 Å². The fraction of sp³-hybridized carbons (Fsp3) is 0.409. The van der Waals surface area contributed by atoms with Crippen LogP contribution in [0.25, 0.3) is 16.8 Å². The maximum atomic E-state index is 13.7. The van der Waals surface area contributed by atoms with Crippen molar-refractivity contribution in [3.8, 4) is 22.8 Å². The van der Waals surface area contributed by atoms with Crippen LogP contribution in [0.15, 0.2) is 30.6 Å². The summed E-state index contributed by atoms with van der Waals surface area (Å²) < 4.78 is 59.1. The molecule has 0 aliphatic carbocycles. The largest absolute Gasteiger partial charge is 0.490 e. The van der Waals surface area contributed by atoms with Crippen LogP contribution < -0.4 is 14.8 Å². The highest BCUT2D eigenvalue weighted by Gasteiger charge is 2.40. The molecule has 0 spiro atoms. The summed E-state index contributed by atoms with van der Waals surface area (Å²) in [4.78, 5) is 18.9. The number of fused-ring (bicyclic) bond motifs is 5. The van der Waals surface area contributed by atoms with E-state index in [4.69, 9.17) is 14.2 Å². The van der Waals surface area contributed by atoms with Crippen molar-refractivity contribution in [1.29, 1.82) is 0 Å². The van der Waals surface area contributed by atoms with Crippen molar-refractivity contribution >= 4 is 17.2 Å². The molecule has 0 saturated carbocycles. The number of aromatic nitrogens is 3. The number of rotatable bonds is 2. The maximum Gasteiger partial charge on any atom is 0.416 e. The highest BCUT2D eigenvalue weighted by atomic mass is 19.4. The number of hydrogen-bond donors (Lipinski definition) is 1. The van der Waals surface area contributed by atoms with Gasteiger partial charge in [-0.1, -0.05) is 0 Å². The van der Waals surface area contributed by atoms with Gasteiger partial charge in [0.1, 0.15) is 12.7 Å². The second kappa shape index (κ2) is 8.35. The second-order valence-electron chi connectivity index (χ2n) is 8.12. The van der Waals surface area contributed by atoms with Crippen molar-refractivity contribution in [2.45, 2.75) is 24.7 Å². The lowest BCUT2D eigenvalue weighted by Crippen LogP contribution is -2.41. The Hall–Kier alpha value is -3.54. The van der Waals surface area contributed by atoms with E-state index in [9.17, 15) is 18.0 Å². The zero-order valence-electron chi connectivity index (χ0n) is 18.4. The average Bonchev–Trinajstić information content (AvgIpc) is 3.36. The van der Waals surface area contributed by atoms with E-state index in [1.807, 2.05) is 0 Å². The van der Waals surface area contributed by atoms with Crippen molar-refractivity contribution in [3.05, 3.63) is 36.2 Å². The first-order valence-electron chi connectivity index (χ1n) is 10.6. The summed E-state index contributed by atoms with van der Waals surface area (Å²) in [6, 6.07) is 3.41. The molecular formula is C22H22F3N5O4. The van der Waals surface area contributed by atoms with E-state index in [1.165, 1.54) is 24.9 Å². The van der Waals surface area contributed by atoms with E-state index in [2.05, 4.69) is 15.4 Å². The summed E-state index contributed by atoms with van der Waals surface area (Å²) in [6.45, 7) is 0.661. The zero-order valence-corrected chi connectivity index (χ0v) is 18.4. The van der Waals surface area contributed by atoms with E-state index in [-0.39, 0.29) is 43.2 Å². The molecule has 2 aliphatic heterocycles. The standard InChI is InChI=1S/C22H22F3N5O4/c1-32-17-8-15-11-34-20-18(33-2)10-30-19(28-20)16(9-27-30)12-5-13(22(23,24)25)7-14(6-12)26-3-4-29(15)21(17)31/h5-7,9-10,15,17,26H,3-4,8,11H2,1-2H3/t15-,17+/m0/s1. The molecule has 12 heteroatoms. The van der Waals surface area contributed by atoms with Crippen molar-refractivity contribution < 1.29 is 32.2 Å². The molecule has 3 aromatic rings. The lowest BCUT2D eigenvalue weighted by atomic mass is 10.0. The van der Waals surface area contributed by atoms with E-state index < -0.39 is 17.8 Å². The summed E-state index contributed by atoms with van der Waals surface area (Å²) >= 11 is 0. The highest BCUT2D eigenvalue weighted by Crippen LogP contribution is 2.37. The van der Waals surface area contributed by atoms with Crippen molar-refractivity contribution in [3.63, 3.8) is 0 Å². The second-order valence-corrected chi connectivity index (χ2v) is 8.12. The van der Waals surface area contributed by atoms with Gasteiger partial charge in [0.2, 0.25) is 0 Å². The molecule has 4 bridgehead atoms. The van der Waals surface area contributed by atoms with E-state index in [0.717, 1.165) is 12.1 Å². The number of halogens is 3. The monoisotopic (exact) mass is 477 g/mol. The maximum absolute atomic E-state index is 13.7. The Kier molecular flexibility index (Phi) is 5.47. The van der Waals surface area contributed by atoms with Gasteiger partial charge in [0.05, 0.1) is 31.1 Å². The topological polar surface area (TPSA) is 90.2 Å². The highest BCUT2D eigenvalue weighted by molar-refractivity contribution is 5.84. The van der Waals surface area contributed by atoms with Gasteiger partial charge in [0.15, 0.2) is 11.4 Å². The molecule has 4 heterocycles. The summed E-state index contributed by atoms with van der Waals surface area (Å²) in [5.74, 6) is 0.274. The number of anilines is 1. The normalized spacial score (nSPS) is 20.6. The zero-order chi connectivity index (χ0) is 24.0. The Morgan fingerprint density at radius 2 is 2.06 bits per heavy atom. The summed E-state index contributed by atoms with van der Waals surface area (Å²) in [6.07, 6.45) is -1.73. The fourth-order valence-electron chi connectivity index (χ4n) is 4.36. The molecule has 1 saturated heterocycles. The molecule has 34 heavy (non-hydrogen) atoms. The molecule has 0 unspecified atom stereocenters. The molecule has 2 aliphatic rings. The van der Waals surface area contributed by atoms with Gasteiger partial charge in [0, 0.05) is 37.9 Å². The number of nitrogens with one attached hydrogen (secondary N) is 1. The number of nitrogens with zero attached hydrogens (tertiary/aromatic N) is 4. The number of ether oxygens (including phenoxy) is 3. The predicted molar refractivity (Wildman–Crippen MR) is 115 cm³/mol. The van der Waals surface area contributed by atoms with E-state index >= 15 is 0 Å². The Morgan fingerprint density at radius 1 is 1.24 bits per heavy atom. The van der Waals surface area contributed by atoms with Crippen LogP contribution in [0, 0.1) is 0 Å². The third-order valence-corrected chi connectivity index (χ3v) is 6.08. The van der Waals surface area contributed by atoms with E-state index in [0.29, 0.717) is 28.9 Å². The summed E-state index contributed by atoms with van der Waals surface area (Å²) in [5.41, 5.74) is 0.488. The summed E-state index contributed by atoms with van der Waals surface area (Å²) in [5, 5.41) is 7.26. The number of methoxy groups -OCH3 is 2. The molecule has 1 N–H and O–H groups in total. The summed E-state index contributed by atoms with van der Waals surface area (Å²) in [7, 11) is 2.92. The third-order valence-electron chi connectivity index (χ3n) is 6.08. The lowest BCUT2D eigenvalue weighted by molar-refractivity contribution is -0.137. The van der Waals surface area contributed by atoms with Crippen LogP contribution in [0.3, 0.4) is 0 Å². The van der Waals surface area contributed by atoms with Crippen LogP contribution in [-0.4, -0.2) is 71.5 Å². The molecule has 9 nitrogen and oxygen atoms in total. The van der Waals surface area contributed by atoms with Crippen LogP contribution >= 0.6 is 0 Å². The first-order valence-corrected chi connectivity index (χ1v) is 10.6. The van der Waals surface area contributed by atoms with Crippen LogP contribution in [0.2, 0.25) is 0 Å². The SMILES string of the molecule is COc1cn2ncc3c2nc1OC[C@@H]1C[C@@H](OC)C(=O)N1CCNc1cc-3cc(C(F)(F)F)c1. The Bertz CT molecular complexity index is 1250. The molecule has 5 rings (SSSR count). The molecule has 1 fully saturated rings. The predicted octanol–water partition coefficient (Wildman–Crippen LogP) is 2.84. The van der Waals surface area contributed by atoms with Gasteiger partial charge < -0.3 is 24.4 Å². The number of alkyl halides is 3. The first-order chi connectivity index (χ1) is 16.3. The van der Waals surface area contributed by atoms with Crippen molar-refractivity contribution in [2.24, 2.45) is 0 Å². The van der Waals surface area contributed by atoms with Gasteiger partial charge in [-0.3, -0.25) is 4.79 Å². The molecule has 1 amide bonds. The molecular weight excluding hydrogens is 455 g/mol. The Balaban J connectivity index is 1.65. The first kappa shape index (κ1) is 22.3. The van der Waals surface area contributed by atoms with Gasteiger partial charge in [-0.25, -0.2) is 4.52 Å².